The van der Waals surface area contributed by atoms with Gasteiger partial charge in [0.2, 0.25) is 26.4 Å². The lowest BCUT2D eigenvalue weighted by Gasteiger charge is -2.13. The molecule has 0 fully saturated rings. The van der Waals surface area contributed by atoms with Crippen molar-refractivity contribution >= 4 is 164 Å². The van der Waals surface area contributed by atoms with Crippen molar-refractivity contribution in [3.8, 4) is 11.4 Å². The number of aromatic nitrogens is 6. The van der Waals surface area contributed by atoms with Crippen LogP contribution in [-0.2, 0) is 0 Å². The second-order valence-electron chi connectivity index (χ2n) is 11.3. The van der Waals surface area contributed by atoms with E-state index in [-0.39, 0.29) is 26.4 Å². The molecule has 0 aliphatic carbocycles. The lowest BCUT2D eigenvalue weighted by Crippen LogP contribution is -1.95. The minimum absolute atomic E-state index is 0.000000000000000444. The summed E-state index contributed by atoms with van der Waals surface area (Å²) in [6, 6.07) is 40.8. The maximum absolute atomic E-state index is 5.96. The molecule has 0 unspecified atom stereocenters. The van der Waals surface area contributed by atoms with Crippen LogP contribution in [0.4, 0.5) is 0 Å². The minimum atomic E-state index is -1.72. The Morgan fingerprint density at radius 3 is 0.943 bits per heavy atom. The fraction of sp³-hybridized carbons (Fsp3) is 0. The zero-order valence-corrected chi connectivity index (χ0v) is 34.0. The molecule has 53 heavy (non-hydrogen) atoms. The van der Waals surface area contributed by atoms with E-state index in [1.807, 2.05) is 6.07 Å². The van der Waals surface area contributed by atoms with Crippen molar-refractivity contribution in [2.24, 2.45) is 0 Å². The molecule has 2 heterocycles. The third-order valence-corrected chi connectivity index (χ3v) is 9.14. The van der Waals surface area contributed by atoms with Crippen LogP contribution in [0.15, 0.2) is 115 Å². The largest absolute Gasteiger partial charge is 0.643 e. The van der Waals surface area contributed by atoms with E-state index >= 15 is 0 Å². The third kappa shape index (κ3) is 8.52. The van der Waals surface area contributed by atoms with Crippen molar-refractivity contribution in [2.45, 2.75) is 0 Å². The number of hydrogen-bond donors (Lipinski definition) is 0. The van der Waals surface area contributed by atoms with E-state index in [1.54, 1.807) is 0 Å². The molecular weight excluding hydrogens is 851 g/mol. The zero-order valence-electron chi connectivity index (χ0n) is 26.8. The SMILES string of the molecule is Clc1nc(Cl)nc(-c2ccc3ccc4cccc5ccc2c3c45)n1.Clc1nc(Cl)nc(Cl)n1.[Cl][Al]([Cl])[Cl].c1cc2ccc3cccc4ccc(c1)c2c34. The predicted octanol–water partition coefficient (Wildman–Crippen LogP) is 13.8. The van der Waals surface area contributed by atoms with Gasteiger partial charge >= 0.3 is 11.4 Å². The number of nitrogens with zero attached hydrogens (tertiary/aromatic N) is 6. The molecular formula is C38H19AlCl8N6. The van der Waals surface area contributed by atoms with Gasteiger partial charge in [-0.15, -0.1) is 0 Å². The van der Waals surface area contributed by atoms with Gasteiger partial charge < -0.3 is 0 Å². The summed E-state index contributed by atoms with van der Waals surface area (Å²) >= 11 is 26.1. The van der Waals surface area contributed by atoms with Crippen LogP contribution in [0, 0.1) is 0 Å². The van der Waals surface area contributed by atoms with Gasteiger partial charge in [0.05, 0.1) is 0 Å². The van der Waals surface area contributed by atoms with E-state index in [9.17, 15) is 0 Å². The summed E-state index contributed by atoms with van der Waals surface area (Å²) in [5.74, 6) is 0.484. The lowest BCUT2D eigenvalue weighted by atomic mass is 9.92. The first-order valence-electron chi connectivity index (χ1n) is 15.6. The minimum Gasteiger partial charge on any atom is -0.214 e. The van der Waals surface area contributed by atoms with Crippen LogP contribution < -0.4 is 0 Å². The molecule has 0 amide bonds. The standard InChI is InChI=1S/C19H9Cl2N3.C16H10.C3Cl3N3.Al.3ClH/c20-18-22-17(23-19(21)24-18)14-9-7-12-5-4-10-2-1-3-11-6-8-13(14)16(12)15(10)11;1-3-11-7-9-13-5-2-6-14-10-8-12(4-1)15(11)16(13)14;4-1-7-2(5)9-3(6)8-1;;;;/h1-9H;1-10H;;;3*1H/q;;;+3;;;/p-3. The highest BCUT2D eigenvalue weighted by atomic mass is 35.8. The van der Waals surface area contributed by atoms with Gasteiger partial charge in [0.1, 0.15) is 0 Å². The van der Waals surface area contributed by atoms with Crippen LogP contribution in [0.25, 0.3) is 76.0 Å². The van der Waals surface area contributed by atoms with E-state index in [1.165, 1.54) is 59.2 Å². The molecule has 0 N–H and O–H groups in total. The second-order valence-corrected chi connectivity index (χ2v) is 19.5. The number of hydrogen-bond acceptors (Lipinski definition) is 6. The van der Waals surface area contributed by atoms with Crippen molar-refractivity contribution in [3.05, 3.63) is 142 Å². The number of halogens is 8. The fourth-order valence-corrected chi connectivity index (χ4v) is 7.32. The Labute approximate surface area is 344 Å². The van der Waals surface area contributed by atoms with Crippen molar-refractivity contribution in [3.63, 3.8) is 0 Å². The maximum Gasteiger partial charge on any atom is 0.643 e. The average Bonchev–Trinajstić information content (AvgIpc) is 3.12. The van der Waals surface area contributed by atoms with Gasteiger partial charge in [0, 0.05) is 5.56 Å². The first-order chi connectivity index (χ1) is 25.5. The molecule has 15 heteroatoms. The molecule has 0 atom stereocenters. The lowest BCUT2D eigenvalue weighted by molar-refractivity contribution is 1.05. The van der Waals surface area contributed by atoms with Gasteiger partial charge in [0.25, 0.3) is 0 Å². The Kier molecular flexibility index (Phi) is 11.9. The van der Waals surface area contributed by atoms with Crippen molar-refractivity contribution in [1.29, 1.82) is 0 Å². The molecule has 10 rings (SSSR count). The van der Waals surface area contributed by atoms with Crippen LogP contribution in [0.3, 0.4) is 0 Å². The molecule has 0 saturated carbocycles. The molecule has 10 aromatic rings. The Hall–Kier alpha value is -3.29. The van der Waals surface area contributed by atoms with Gasteiger partial charge in [-0.25, -0.2) is 30.1 Å². The first kappa shape index (κ1) is 38.0. The highest BCUT2D eigenvalue weighted by Gasteiger charge is 2.14. The van der Waals surface area contributed by atoms with E-state index in [0.717, 1.165) is 10.9 Å². The molecule has 0 radical (unpaired) electrons. The van der Waals surface area contributed by atoms with Gasteiger partial charge in [0.15, 0.2) is 5.82 Å². The van der Waals surface area contributed by atoms with E-state index < -0.39 is 11.4 Å². The highest BCUT2D eigenvalue weighted by Crippen LogP contribution is 2.39. The first-order valence-corrected chi connectivity index (χ1v) is 22.7. The molecule has 0 spiro atoms. The molecule has 0 bridgehead atoms. The van der Waals surface area contributed by atoms with Crippen LogP contribution >= 0.6 is 88.2 Å². The molecule has 0 aliphatic heterocycles. The molecule has 0 aliphatic rings. The summed E-state index contributed by atoms with van der Waals surface area (Å²) in [5.41, 5.74) is 0.895. The predicted molar refractivity (Wildman–Crippen MR) is 227 cm³/mol. The van der Waals surface area contributed by atoms with Gasteiger partial charge in [-0.1, -0.05) is 109 Å². The van der Waals surface area contributed by atoms with Crippen molar-refractivity contribution in [2.75, 3.05) is 0 Å². The maximum atomic E-state index is 5.96. The summed E-state index contributed by atoms with van der Waals surface area (Å²) in [7, 11) is 14.8. The average molecular weight is 870 g/mol. The fourth-order valence-electron chi connectivity index (χ4n) is 6.35. The molecule has 8 aromatic carbocycles. The Balaban J connectivity index is 0.000000129. The van der Waals surface area contributed by atoms with E-state index in [4.69, 9.17) is 88.2 Å². The summed E-state index contributed by atoms with van der Waals surface area (Å²) in [4.78, 5) is 22.7. The third-order valence-electron chi connectivity index (χ3n) is 8.30. The van der Waals surface area contributed by atoms with Crippen LogP contribution in [0.5, 0.6) is 0 Å². The van der Waals surface area contributed by atoms with E-state index in [0.29, 0.717) is 5.82 Å². The highest BCUT2D eigenvalue weighted by molar-refractivity contribution is 7.54. The quantitative estimate of drug-likeness (QED) is 0.121. The zero-order chi connectivity index (χ0) is 37.2. The molecule has 260 valence electrons. The molecule has 2 aromatic heterocycles. The summed E-state index contributed by atoms with van der Waals surface area (Å²) < 4.78 is 0. The Morgan fingerprint density at radius 1 is 0.321 bits per heavy atom. The van der Waals surface area contributed by atoms with Crippen LogP contribution in [-0.4, -0.2) is 41.3 Å². The summed E-state index contributed by atoms with van der Waals surface area (Å²) in [5, 5.41) is 15.5. The van der Waals surface area contributed by atoms with Gasteiger partial charge in [-0.2, -0.15) is 29.9 Å². The monoisotopic (exact) mass is 866 g/mol. The smallest absolute Gasteiger partial charge is 0.214 e. The Bertz CT molecular complexity index is 2660. The Morgan fingerprint density at radius 2 is 0.585 bits per heavy atom. The summed E-state index contributed by atoms with van der Waals surface area (Å²) in [6.07, 6.45) is 0. The normalized spacial score (nSPS) is 11.0. The molecule has 6 nitrogen and oxygen atoms in total. The van der Waals surface area contributed by atoms with E-state index in [2.05, 4.69) is 139 Å². The van der Waals surface area contributed by atoms with Crippen molar-refractivity contribution < 1.29 is 0 Å². The second kappa shape index (κ2) is 16.6. The molecule has 0 saturated heterocycles. The topological polar surface area (TPSA) is 77.3 Å². The van der Waals surface area contributed by atoms with Gasteiger partial charge in [-0.3, -0.25) is 0 Å². The summed E-state index contributed by atoms with van der Waals surface area (Å²) in [6.45, 7) is 0. The van der Waals surface area contributed by atoms with Crippen molar-refractivity contribution in [1.82, 2.24) is 29.9 Å². The van der Waals surface area contributed by atoms with Crippen LogP contribution in [0.1, 0.15) is 0 Å². The van der Waals surface area contributed by atoms with Gasteiger partial charge in [-0.05, 0) is 129 Å². The van der Waals surface area contributed by atoms with Crippen LogP contribution in [0.2, 0.25) is 26.4 Å². The number of benzene rings is 8. The number of rotatable bonds is 1.